The lowest BCUT2D eigenvalue weighted by Gasteiger charge is -2.33. The van der Waals surface area contributed by atoms with E-state index in [4.69, 9.17) is 0 Å². The molecule has 2 atom stereocenters. The maximum absolute atomic E-state index is 14.0. The smallest absolute Gasteiger partial charge is 0.349 e. The zero-order valence-electron chi connectivity index (χ0n) is 24.8. The SMILES string of the molecule is Cc1c(C(=O)N[C@H](c2cn3ncc([C@@H](NC(=O)CCC(F)(F)F)C4CC4)cc3n2)C2CCC(F)(F)CC2)cnn1CCC(F)(F)F. The van der Waals surface area contributed by atoms with Gasteiger partial charge in [-0.3, -0.25) is 14.3 Å². The van der Waals surface area contributed by atoms with E-state index in [1.165, 1.54) is 23.8 Å². The van der Waals surface area contributed by atoms with Gasteiger partial charge in [-0.25, -0.2) is 18.3 Å². The van der Waals surface area contributed by atoms with E-state index < -0.39 is 86.7 Å². The number of carbonyl (C=O) groups is 2. The Kier molecular flexibility index (Phi) is 9.33. The summed E-state index contributed by atoms with van der Waals surface area (Å²) in [6.07, 6.45) is -6.93. The van der Waals surface area contributed by atoms with Gasteiger partial charge in [-0.1, -0.05) is 0 Å². The number of nitrogens with one attached hydrogen (secondary N) is 2. The maximum atomic E-state index is 14.0. The zero-order valence-corrected chi connectivity index (χ0v) is 24.8. The van der Waals surface area contributed by atoms with Crippen LogP contribution < -0.4 is 10.6 Å². The van der Waals surface area contributed by atoms with Crippen molar-refractivity contribution in [2.75, 3.05) is 0 Å². The van der Waals surface area contributed by atoms with Crippen molar-refractivity contribution in [1.29, 1.82) is 0 Å². The number of aryl methyl sites for hydroxylation is 1. The number of hydrogen-bond acceptors (Lipinski definition) is 5. The summed E-state index contributed by atoms with van der Waals surface area (Å²) >= 11 is 0. The summed E-state index contributed by atoms with van der Waals surface area (Å²) in [6.45, 7) is 0.984. The van der Waals surface area contributed by atoms with E-state index in [9.17, 15) is 44.7 Å². The molecule has 3 aromatic rings. The van der Waals surface area contributed by atoms with Crippen LogP contribution in [0.15, 0.2) is 24.7 Å². The van der Waals surface area contributed by atoms with Crippen LogP contribution in [-0.2, 0) is 11.3 Å². The number of amides is 2. The molecule has 17 heteroatoms. The van der Waals surface area contributed by atoms with E-state index in [0.29, 0.717) is 16.9 Å². The van der Waals surface area contributed by atoms with Gasteiger partial charge in [0.15, 0.2) is 5.65 Å². The van der Waals surface area contributed by atoms with Gasteiger partial charge in [0.2, 0.25) is 11.8 Å². The summed E-state index contributed by atoms with van der Waals surface area (Å²) in [5.74, 6) is -4.67. The Morgan fingerprint density at radius 1 is 0.935 bits per heavy atom. The molecular weight excluding hydrogens is 630 g/mol. The minimum Gasteiger partial charge on any atom is -0.349 e. The first-order valence-electron chi connectivity index (χ1n) is 15.0. The van der Waals surface area contributed by atoms with Crippen LogP contribution in [0.3, 0.4) is 0 Å². The van der Waals surface area contributed by atoms with E-state index in [1.54, 1.807) is 6.07 Å². The number of aromatic nitrogens is 5. The number of nitrogens with zero attached hydrogens (tertiary/aromatic N) is 5. The van der Waals surface area contributed by atoms with Crippen LogP contribution in [0.2, 0.25) is 0 Å². The minimum atomic E-state index is -4.47. The van der Waals surface area contributed by atoms with Crippen LogP contribution in [-0.4, -0.2) is 54.5 Å². The van der Waals surface area contributed by atoms with Crippen LogP contribution in [0, 0.1) is 18.8 Å². The Bertz CT molecular complexity index is 1550. The number of carbonyl (C=O) groups excluding carboxylic acids is 2. The molecule has 252 valence electrons. The summed E-state index contributed by atoms with van der Waals surface area (Å²) in [4.78, 5) is 30.3. The number of hydrogen-bond donors (Lipinski definition) is 2. The zero-order chi connectivity index (χ0) is 33.4. The second-order valence-corrected chi connectivity index (χ2v) is 12.1. The van der Waals surface area contributed by atoms with Crippen LogP contribution in [0.1, 0.15) is 97.2 Å². The average molecular weight is 664 g/mol. The van der Waals surface area contributed by atoms with Crippen molar-refractivity contribution in [1.82, 2.24) is 35.0 Å². The molecule has 2 saturated carbocycles. The third kappa shape index (κ3) is 8.51. The number of fused-ring (bicyclic) bond motifs is 1. The molecule has 5 rings (SSSR count). The summed E-state index contributed by atoms with van der Waals surface area (Å²) in [7, 11) is 0. The normalized spacial score (nSPS) is 18.8. The minimum absolute atomic E-state index is 0.0183. The molecule has 2 aliphatic carbocycles. The Morgan fingerprint density at radius 2 is 1.59 bits per heavy atom. The first kappa shape index (κ1) is 33.6. The predicted octanol–water partition coefficient (Wildman–Crippen LogP) is 6.39. The molecule has 0 radical (unpaired) electrons. The largest absolute Gasteiger partial charge is 0.390 e. The van der Waals surface area contributed by atoms with Crippen molar-refractivity contribution in [2.24, 2.45) is 11.8 Å². The highest BCUT2D eigenvalue weighted by Gasteiger charge is 2.40. The van der Waals surface area contributed by atoms with E-state index in [0.717, 1.165) is 23.7 Å². The van der Waals surface area contributed by atoms with Crippen LogP contribution in [0.5, 0.6) is 0 Å². The van der Waals surface area contributed by atoms with Crippen LogP contribution in [0.4, 0.5) is 35.1 Å². The maximum Gasteiger partial charge on any atom is 0.390 e. The molecule has 0 unspecified atom stereocenters. The van der Waals surface area contributed by atoms with Gasteiger partial charge >= 0.3 is 12.4 Å². The molecule has 3 heterocycles. The van der Waals surface area contributed by atoms with Crippen molar-refractivity contribution in [3.05, 3.63) is 47.2 Å². The van der Waals surface area contributed by atoms with Gasteiger partial charge in [0.05, 0.1) is 54.8 Å². The molecule has 0 saturated heterocycles. The Balaban J connectivity index is 1.38. The van der Waals surface area contributed by atoms with Crippen molar-refractivity contribution in [2.45, 2.75) is 102 Å². The summed E-state index contributed by atoms with van der Waals surface area (Å²) in [5.41, 5.74) is 1.39. The fourth-order valence-electron chi connectivity index (χ4n) is 5.81. The van der Waals surface area contributed by atoms with E-state index in [2.05, 4.69) is 25.8 Å². The summed E-state index contributed by atoms with van der Waals surface area (Å²) < 4.78 is 107. The Hall–Kier alpha value is -3.79. The lowest BCUT2D eigenvalue weighted by molar-refractivity contribution is -0.144. The standard InChI is InChI=1S/C29H33F8N7O2/c1-16-20(14-39-43(16)11-10-29(35,36)37)26(46)42-25(18-4-7-27(30,31)8-5-18)21-15-44-22(40-21)12-19(13-38-44)24(17-2-3-17)41-23(45)6-9-28(32,33)34/h12-15,17-18,24-25H,2-11H2,1H3,(H,41,45)(H,42,46)/t24-,25-/m0/s1. The monoisotopic (exact) mass is 663 g/mol. The summed E-state index contributed by atoms with van der Waals surface area (Å²) in [5, 5.41) is 13.8. The van der Waals surface area contributed by atoms with E-state index in [1.807, 2.05) is 0 Å². The second kappa shape index (κ2) is 12.8. The van der Waals surface area contributed by atoms with Crippen molar-refractivity contribution >= 4 is 17.5 Å². The molecule has 2 fully saturated rings. The highest BCUT2D eigenvalue weighted by Crippen LogP contribution is 2.43. The molecule has 3 aromatic heterocycles. The molecule has 46 heavy (non-hydrogen) atoms. The molecule has 0 spiro atoms. The molecule has 2 amide bonds. The quantitative estimate of drug-likeness (QED) is 0.231. The lowest BCUT2D eigenvalue weighted by Crippen LogP contribution is -2.37. The molecular formula is C29H33F8N7O2. The lowest BCUT2D eigenvalue weighted by atomic mass is 9.81. The van der Waals surface area contributed by atoms with E-state index >= 15 is 0 Å². The van der Waals surface area contributed by atoms with Crippen LogP contribution >= 0.6 is 0 Å². The van der Waals surface area contributed by atoms with Gasteiger partial charge < -0.3 is 10.6 Å². The summed E-state index contributed by atoms with van der Waals surface area (Å²) in [6, 6.07) is 0.200. The third-order valence-corrected chi connectivity index (χ3v) is 8.56. The average Bonchev–Trinajstić information content (AvgIpc) is 3.61. The number of imidazole rings is 1. The predicted molar refractivity (Wildman–Crippen MR) is 147 cm³/mol. The van der Waals surface area contributed by atoms with Gasteiger partial charge in [-0.15, -0.1) is 0 Å². The Morgan fingerprint density at radius 3 is 2.22 bits per heavy atom. The van der Waals surface area contributed by atoms with Gasteiger partial charge in [-0.2, -0.15) is 36.5 Å². The highest BCUT2D eigenvalue weighted by atomic mass is 19.4. The molecule has 0 aliphatic heterocycles. The molecule has 2 aliphatic rings. The molecule has 2 N–H and O–H groups in total. The van der Waals surface area contributed by atoms with Gasteiger partial charge in [0.1, 0.15) is 0 Å². The van der Waals surface area contributed by atoms with Crippen LogP contribution in [0.25, 0.3) is 5.65 Å². The van der Waals surface area contributed by atoms with Crippen molar-refractivity contribution in [3.63, 3.8) is 0 Å². The third-order valence-electron chi connectivity index (χ3n) is 8.56. The number of rotatable bonds is 11. The highest BCUT2D eigenvalue weighted by molar-refractivity contribution is 5.95. The van der Waals surface area contributed by atoms with E-state index in [-0.39, 0.29) is 30.0 Å². The Labute approximate surface area is 258 Å². The van der Waals surface area contributed by atoms with Gasteiger partial charge in [-0.05, 0) is 56.1 Å². The first-order valence-corrected chi connectivity index (χ1v) is 15.0. The van der Waals surface area contributed by atoms with Crippen molar-refractivity contribution < 1.29 is 44.7 Å². The fourth-order valence-corrected chi connectivity index (χ4v) is 5.81. The molecule has 0 bridgehead atoms. The van der Waals surface area contributed by atoms with Crippen molar-refractivity contribution in [3.8, 4) is 0 Å². The first-order chi connectivity index (χ1) is 21.5. The second-order valence-electron chi connectivity index (χ2n) is 12.1. The number of alkyl halides is 8. The van der Waals surface area contributed by atoms with Gasteiger partial charge in [0, 0.05) is 31.5 Å². The molecule has 9 nitrogen and oxygen atoms in total. The fraction of sp³-hybridized carbons (Fsp3) is 0.621. The number of halogens is 8. The molecule has 0 aromatic carbocycles. The van der Waals surface area contributed by atoms with Gasteiger partial charge in [0.25, 0.3) is 5.91 Å². The topological polar surface area (TPSA) is 106 Å².